The van der Waals surface area contributed by atoms with Crippen molar-refractivity contribution in [3.63, 3.8) is 0 Å². The van der Waals surface area contributed by atoms with E-state index in [0.29, 0.717) is 23.4 Å². The molecule has 0 aliphatic rings. The van der Waals surface area contributed by atoms with Crippen LogP contribution in [0.2, 0.25) is 0 Å². The molecule has 0 radical (unpaired) electrons. The number of nitriles is 1. The van der Waals surface area contributed by atoms with E-state index in [0.717, 1.165) is 5.56 Å². The van der Waals surface area contributed by atoms with E-state index in [1.165, 1.54) is 0 Å². The zero-order valence-electron chi connectivity index (χ0n) is 11.1. The molecule has 0 aliphatic heterocycles. The van der Waals surface area contributed by atoms with Crippen LogP contribution in [0.5, 0.6) is 0 Å². The first-order valence-electron chi connectivity index (χ1n) is 6.12. The molecule has 0 aromatic heterocycles. The maximum Gasteiger partial charge on any atom is 0.255 e. The number of hydrogen-bond acceptors (Lipinski definition) is 3. The van der Waals surface area contributed by atoms with Crippen LogP contribution in [0.4, 0.5) is 5.69 Å². The minimum Gasteiger partial charge on any atom is -0.380 e. The van der Waals surface area contributed by atoms with Gasteiger partial charge in [-0.2, -0.15) is 5.26 Å². The molecule has 1 amide bonds. The maximum atomic E-state index is 12.1. The first kappa shape index (κ1) is 13.8. The minimum absolute atomic E-state index is 0.239. The molecule has 0 heterocycles. The normalized spacial score (nSPS) is 9.80. The van der Waals surface area contributed by atoms with Gasteiger partial charge in [0.1, 0.15) is 0 Å². The van der Waals surface area contributed by atoms with E-state index in [2.05, 4.69) is 5.32 Å². The van der Waals surface area contributed by atoms with E-state index in [1.54, 1.807) is 31.4 Å². The fourth-order valence-corrected chi connectivity index (χ4v) is 1.84. The van der Waals surface area contributed by atoms with Crippen molar-refractivity contribution in [1.29, 1.82) is 5.26 Å². The second-order valence-corrected chi connectivity index (χ2v) is 4.28. The summed E-state index contributed by atoms with van der Waals surface area (Å²) >= 11 is 0. The largest absolute Gasteiger partial charge is 0.380 e. The minimum atomic E-state index is -0.239. The highest BCUT2D eigenvalue weighted by Crippen LogP contribution is 2.13. The highest BCUT2D eigenvalue weighted by atomic mass is 16.5. The SMILES string of the molecule is COCc1cccc(NC(=O)c2cccc(C#N)c2)c1. The van der Waals surface area contributed by atoms with E-state index in [9.17, 15) is 4.79 Å². The lowest BCUT2D eigenvalue weighted by molar-refractivity contribution is 0.102. The molecule has 4 heteroatoms. The standard InChI is InChI=1S/C16H14N2O2/c1-20-11-13-5-3-7-15(9-13)18-16(19)14-6-2-4-12(8-14)10-17/h2-9H,11H2,1H3,(H,18,19). The number of carbonyl (C=O) groups excluding carboxylic acids is 1. The van der Waals surface area contributed by atoms with Gasteiger partial charge in [-0.1, -0.05) is 18.2 Å². The van der Waals surface area contributed by atoms with E-state index >= 15 is 0 Å². The third-order valence-electron chi connectivity index (χ3n) is 2.75. The number of methoxy groups -OCH3 is 1. The van der Waals surface area contributed by atoms with Crippen LogP contribution in [0, 0.1) is 11.3 Å². The zero-order valence-corrected chi connectivity index (χ0v) is 11.1. The second kappa shape index (κ2) is 6.50. The molecular formula is C16H14N2O2. The molecule has 0 fully saturated rings. The molecule has 20 heavy (non-hydrogen) atoms. The summed E-state index contributed by atoms with van der Waals surface area (Å²) in [4.78, 5) is 12.1. The highest BCUT2D eigenvalue weighted by molar-refractivity contribution is 6.04. The summed E-state index contributed by atoms with van der Waals surface area (Å²) in [6.45, 7) is 0.494. The van der Waals surface area contributed by atoms with Gasteiger partial charge < -0.3 is 10.1 Å². The Balaban J connectivity index is 2.15. The molecule has 0 aliphatic carbocycles. The lowest BCUT2D eigenvalue weighted by atomic mass is 10.1. The highest BCUT2D eigenvalue weighted by Gasteiger charge is 2.07. The Labute approximate surface area is 117 Å². The number of nitrogens with one attached hydrogen (secondary N) is 1. The summed E-state index contributed by atoms with van der Waals surface area (Å²) < 4.78 is 5.05. The Morgan fingerprint density at radius 1 is 1.25 bits per heavy atom. The van der Waals surface area contributed by atoms with Crippen LogP contribution in [0.3, 0.4) is 0 Å². The van der Waals surface area contributed by atoms with Crippen molar-refractivity contribution in [1.82, 2.24) is 0 Å². The van der Waals surface area contributed by atoms with Crippen molar-refractivity contribution in [3.05, 3.63) is 65.2 Å². The number of hydrogen-bond donors (Lipinski definition) is 1. The number of nitrogens with zero attached hydrogens (tertiary/aromatic N) is 1. The first-order valence-corrected chi connectivity index (χ1v) is 6.12. The predicted molar refractivity (Wildman–Crippen MR) is 76.3 cm³/mol. The summed E-state index contributed by atoms with van der Waals surface area (Å²) in [5, 5.41) is 11.6. The van der Waals surface area contributed by atoms with Crippen LogP contribution in [0.25, 0.3) is 0 Å². The summed E-state index contributed by atoms with van der Waals surface area (Å²) in [6.07, 6.45) is 0. The van der Waals surface area contributed by atoms with Crippen molar-refractivity contribution < 1.29 is 9.53 Å². The molecule has 0 saturated heterocycles. The number of rotatable bonds is 4. The van der Waals surface area contributed by atoms with Gasteiger partial charge in [0.2, 0.25) is 0 Å². The molecule has 0 spiro atoms. The summed E-state index contributed by atoms with van der Waals surface area (Å²) in [5.41, 5.74) is 2.61. The molecule has 0 saturated carbocycles. The van der Waals surface area contributed by atoms with E-state index < -0.39 is 0 Å². The van der Waals surface area contributed by atoms with Crippen LogP contribution in [0.15, 0.2) is 48.5 Å². The number of anilines is 1. The molecule has 4 nitrogen and oxygen atoms in total. The molecule has 2 rings (SSSR count). The molecule has 0 atom stereocenters. The molecule has 0 bridgehead atoms. The number of benzene rings is 2. The molecule has 100 valence electrons. The van der Waals surface area contributed by atoms with Crippen LogP contribution in [-0.2, 0) is 11.3 Å². The lowest BCUT2D eigenvalue weighted by Gasteiger charge is -2.07. The van der Waals surface area contributed by atoms with Gasteiger partial charge in [-0.3, -0.25) is 4.79 Å². The van der Waals surface area contributed by atoms with Crippen LogP contribution in [0.1, 0.15) is 21.5 Å². The maximum absolute atomic E-state index is 12.1. The third kappa shape index (κ3) is 3.44. The summed E-state index contributed by atoms with van der Waals surface area (Å²) in [7, 11) is 1.62. The van der Waals surface area contributed by atoms with Gasteiger partial charge in [0.05, 0.1) is 18.2 Å². The van der Waals surface area contributed by atoms with Gasteiger partial charge in [0.15, 0.2) is 0 Å². The average molecular weight is 266 g/mol. The summed E-state index contributed by atoms with van der Waals surface area (Å²) in [6, 6.07) is 16.1. The Hall–Kier alpha value is -2.64. The summed E-state index contributed by atoms with van der Waals surface area (Å²) in [5.74, 6) is -0.239. The van der Waals surface area contributed by atoms with Gasteiger partial charge in [-0.15, -0.1) is 0 Å². The van der Waals surface area contributed by atoms with Crippen molar-refractivity contribution in [3.8, 4) is 6.07 Å². The fraction of sp³-hybridized carbons (Fsp3) is 0.125. The smallest absolute Gasteiger partial charge is 0.255 e. The second-order valence-electron chi connectivity index (χ2n) is 4.28. The monoisotopic (exact) mass is 266 g/mol. The Bertz CT molecular complexity index is 660. The number of carbonyl (C=O) groups is 1. The molecular weight excluding hydrogens is 252 g/mol. The van der Waals surface area contributed by atoms with Crippen molar-refractivity contribution >= 4 is 11.6 Å². The predicted octanol–water partition coefficient (Wildman–Crippen LogP) is 2.96. The molecule has 2 aromatic rings. The number of ether oxygens (including phenoxy) is 1. The van der Waals surface area contributed by atoms with E-state index in [4.69, 9.17) is 10.00 Å². The third-order valence-corrected chi connectivity index (χ3v) is 2.75. The van der Waals surface area contributed by atoms with Crippen LogP contribution in [-0.4, -0.2) is 13.0 Å². The topological polar surface area (TPSA) is 62.1 Å². The van der Waals surface area contributed by atoms with Crippen molar-refractivity contribution in [2.24, 2.45) is 0 Å². The van der Waals surface area contributed by atoms with Crippen LogP contribution >= 0.6 is 0 Å². The first-order chi connectivity index (χ1) is 9.72. The van der Waals surface area contributed by atoms with E-state index in [-0.39, 0.29) is 5.91 Å². The zero-order chi connectivity index (χ0) is 14.4. The number of amides is 1. The van der Waals surface area contributed by atoms with Crippen molar-refractivity contribution in [2.45, 2.75) is 6.61 Å². The Morgan fingerprint density at radius 2 is 2.05 bits per heavy atom. The van der Waals surface area contributed by atoms with Crippen LogP contribution < -0.4 is 5.32 Å². The van der Waals surface area contributed by atoms with Gasteiger partial charge >= 0.3 is 0 Å². The Kier molecular flexibility index (Phi) is 4.48. The van der Waals surface area contributed by atoms with E-state index in [1.807, 2.05) is 30.3 Å². The van der Waals surface area contributed by atoms with Gasteiger partial charge in [-0.25, -0.2) is 0 Å². The lowest BCUT2D eigenvalue weighted by Crippen LogP contribution is -2.12. The van der Waals surface area contributed by atoms with Crippen molar-refractivity contribution in [2.75, 3.05) is 12.4 Å². The molecule has 2 aromatic carbocycles. The fourth-order valence-electron chi connectivity index (χ4n) is 1.84. The molecule has 0 unspecified atom stereocenters. The average Bonchev–Trinajstić information content (AvgIpc) is 2.48. The quantitative estimate of drug-likeness (QED) is 0.925. The van der Waals surface area contributed by atoms with Gasteiger partial charge in [0.25, 0.3) is 5.91 Å². The van der Waals surface area contributed by atoms with Gasteiger partial charge in [0, 0.05) is 18.4 Å². The molecule has 1 N–H and O–H groups in total. The van der Waals surface area contributed by atoms with Gasteiger partial charge in [-0.05, 0) is 35.9 Å². The Morgan fingerprint density at radius 3 is 2.80 bits per heavy atom.